The van der Waals surface area contributed by atoms with E-state index in [9.17, 15) is 4.79 Å². The number of nitrogens with zero attached hydrogens (tertiary/aromatic N) is 4. The lowest BCUT2D eigenvalue weighted by Crippen LogP contribution is -2.46. The SMILES string of the molecule is CC[C@@H](C)NC(=O)c1cnc(-c2ccc(C)cc2)nc1N1CCN(C)CC1. The van der Waals surface area contributed by atoms with Crippen LogP contribution in [-0.2, 0) is 0 Å². The van der Waals surface area contributed by atoms with Crippen molar-refractivity contribution >= 4 is 11.7 Å². The molecule has 2 heterocycles. The number of hydrogen-bond acceptors (Lipinski definition) is 5. The van der Waals surface area contributed by atoms with Crippen LogP contribution in [0.25, 0.3) is 11.4 Å². The second-order valence-electron chi connectivity index (χ2n) is 7.37. The van der Waals surface area contributed by atoms with Gasteiger partial charge >= 0.3 is 0 Å². The molecule has 2 aromatic rings. The third-order valence-electron chi connectivity index (χ3n) is 5.12. The fraction of sp³-hybridized carbons (Fsp3) is 0.476. The highest BCUT2D eigenvalue weighted by Crippen LogP contribution is 2.24. The minimum absolute atomic E-state index is 0.103. The van der Waals surface area contributed by atoms with Crippen LogP contribution in [0, 0.1) is 6.92 Å². The van der Waals surface area contributed by atoms with Gasteiger partial charge in [0.1, 0.15) is 11.4 Å². The molecule has 144 valence electrons. The first-order valence-corrected chi connectivity index (χ1v) is 9.66. The predicted molar refractivity (Wildman–Crippen MR) is 109 cm³/mol. The van der Waals surface area contributed by atoms with Crippen molar-refractivity contribution < 1.29 is 4.79 Å². The first kappa shape index (κ1) is 19.3. The maximum Gasteiger partial charge on any atom is 0.256 e. The highest BCUT2D eigenvalue weighted by atomic mass is 16.1. The van der Waals surface area contributed by atoms with E-state index in [-0.39, 0.29) is 11.9 Å². The molecule has 1 aliphatic heterocycles. The van der Waals surface area contributed by atoms with Gasteiger partial charge in [0.2, 0.25) is 0 Å². The van der Waals surface area contributed by atoms with Crippen molar-refractivity contribution in [1.29, 1.82) is 0 Å². The monoisotopic (exact) mass is 367 g/mol. The van der Waals surface area contributed by atoms with Crippen LogP contribution in [0.1, 0.15) is 36.2 Å². The number of aryl methyl sites for hydroxylation is 1. The summed E-state index contributed by atoms with van der Waals surface area (Å²) in [6.45, 7) is 9.74. The number of benzene rings is 1. The fourth-order valence-corrected chi connectivity index (χ4v) is 3.04. The molecule has 0 aliphatic carbocycles. The summed E-state index contributed by atoms with van der Waals surface area (Å²) in [5.74, 6) is 1.28. The standard InChI is InChI=1S/C21H29N5O/c1-5-16(3)23-21(27)18-14-22-19(17-8-6-15(2)7-9-17)24-20(18)26-12-10-25(4)11-13-26/h6-9,14,16H,5,10-13H2,1-4H3,(H,23,27)/t16-/m1/s1. The third kappa shape index (κ3) is 4.63. The summed E-state index contributed by atoms with van der Waals surface area (Å²) in [7, 11) is 2.12. The molecule has 1 amide bonds. The highest BCUT2D eigenvalue weighted by molar-refractivity contribution is 5.99. The zero-order chi connectivity index (χ0) is 19.4. The van der Waals surface area contributed by atoms with Crippen molar-refractivity contribution in [2.45, 2.75) is 33.2 Å². The Morgan fingerprint density at radius 1 is 1.19 bits per heavy atom. The van der Waals surface area contributed by atoms with Crippen LogP contribution in [-0.4, -0.2) is 60.0 Å². The van der Waals surface area contributed by atoms with Gasteiger partial charge in [0.05, 0.1) is 0 Å². The first-order chi connectivity index (χ1) is 13.0. The van der Waals surface area contributed by atoms with E-state index in [2.05, 4.69) is 53.1 Å². The highest BCUT2D eigenvalue weighted by Gasteiger charge is 2.23. The molecule has 1 saturated heterocycles. The average Bonchev–Trinajstić information content (AvgIpc) is 2.68. The second kappa shape index (κ2) is 8.48. The van der Waals surface area contributed by atoms with Crippen molar-refractivity contribution in [3.05, 3.63) is 41.6 Å². The molecule has 1 fully saturated rings. The second-order valence-corrected chi connectivity index (χ2v) is 7.37. The zero-order valence-electron chi connectivity index (χ0n) is 16.7. The van der Waals surface area contributed by atoms with Crippen LogP contribution in [0.4, 0.5) is 5.82 Å². The quantitative estimate of drug-likeness (QED) is 0.880. The summed E-state index contributed by atoms with van der Waals surface area (Å²) >= 11 is 0. The van der Waals surface area contributed by atoms with Crippen molar-refractivity contribution in [3.63, 3.8) is 0 Å². The number of aromatic nitrogens is 2. The lowest BCUT2D eigenvalue weighted by Gasteiger charge is -2.34. The van der Waals surface area contributed by atoms with Gasteiger partial charge < -0.3 is 15.1 Å². The number of likely N-dealkylation sites (N-methyl/N-ethyl adjacent to an activating group) is 1. The Morgan fingerprint density at radius 2 is 1.85 bits per heavy atom. The van der Waals surface area contributed by atoms with E-state index in [1.807, 2.05) is 19.1 Å². The van der Waals surface area contributed by atoms with E-state index in [1.165, 1.54) is 5.56 Å². The van der Waals surface area contributed by atoms with E-state index in [4.69, 9.17) is 4.98 Å². The summed E-state index contributed by atoms with van der Waals surface area (Å²) in [6, 6.07) is 8.28. The molecule has 0 unspecified atom stereocenters. The van der Waals surface area contributed by atoms with Gasteiger partial charge in [-0.1, -0.05) is 36.8 Å². The molecule has 1 aliphatic rings. The Bertz CT molecular complexity index is 782. The summed E-state index contributed by atoms with van der Waals surface area (Å²) in [5.41, 5.74) is 2.71. The van der Waals surface area contributed by atoms with Gasteiger partial charge in [0, 0.05) is 44.0 Å². The van der Waals surface area contributed by atoms with Gasteiger partial charge in [0.15, 0.2) is 5.82 Å². The van der Waals surface area contributed by atoms with Crippen LogP contribution in [0.3, 0.4) is 0 Å². The number of rotatable bonds is 5. The number of nitrogens with one attached hydrogen (secondary N) is 1. The fourth-order valence-electron chi connectivity index (χ4n) is 3.04. The lowest BCUT2D eigenvalue weighted by atomic mass is 10.1. The molecule has 1 aromatic carbocycles. The van der Waals surface area contributed by atoms with Crippen molar-refractivity contribution in [2.75, 3.05) is 38.1 Å². The average molecular weight is 367 g/mol. The minimum Gasteiger partial charge on any atom is -0.353 e. The molecule has 0 radical (unpaired) electrons. The Kier molecular flexibility index (Phi) is 6.06. The topological polar surface area (TPSA) is 61.4 Å². The number of anilines is 1. The minimum atomic E-state index is -0.103. The molecular weight excluding hydrogens is 338 g/mol. The number of piperazine rings is 1. The molecule has 6 heteroatoms. The van der Waals surface area contributed by atoms with Crippen molar-refractivity contribution in [3.8, 4) is 11.4 Å². The van der Waals surface area contributed by atoms with Gasteiger partial charge in [-0.05, 0) is 27.3 Å². The van der Waals surface area contributed by atoms with Gasteiger partial charge in [-0.3, -0.25) is 4.79 Å². The smallest absolute Gasteiger partial charge is 0.256 e. The first-order valence-electron chi connectivity index (χ1n) is 9.66. The van der Waals surface area contributed by atoms with Crippen molar-refractivity contribution in [2.24, 2.45) is 0 Å². The summed E-state index contributed by atoms with van der Waals surface area (Å²) < 4.78 is 0. The Balaban J connectivity index is 1.96. The number of amides is 1. The Labute approximate surface area is 161 Å². The molecule has 1 atom stereocenters. The molecule has 1 N–H and O–H groups in total. The molecular formula is C21H29N5O. The molecule has 1 aromatic heterocycles. The van der Waals surface area contributed by atoms with Crippen LogP contribution in [0.15, 0.2) is 30.5 Å². The van der Waals surface area contributed by atoms with E-state index < -0.39 is 0 Å². The number of carbonyl (C=O) groups is 1. The number of carbonyl (C=O) groups excluding carboxylic acids is 1. The largest absolute Gasteiger partial charge is 0.353 e. The molecule has 0 bridgehead atoms. The van der Waals surface area contributed by atoms with Gasteiger partial charge in [-0.15, -0.1) is 0 Å². The van der Waals surface area contributed by atoms with E-state index >= 15 is 0 Å². The van der Waals surface area contributed by atoms with Gasteiger partial charge in [0.25, 0.3) is 5.91 Å². The number of hydrogen-bond donors (Lipinski definition) is 1. The summed E-state index contributed by atoms with van der Waals surface area (Å²) in [5, 5.41) is 3.04. The Morgan fingerprint density at radius 3 is 2.48 bits per heavy atom. The van der Waals surface area contributed by atoms with E-state index in [0.29, 0.717) is 11.4 Å². The molecule has 0 saturated carbocycles. The maximum atomic E-state index is 12.8. The van der Waals surface area contributed by atoms with Crippen LogP contribution in [0.5, 0.6) is 0 Å². The summed E-state index contributed by atoms with van der Waals surface area (Å²) in [4.78, 5) is 26.6. The van der Waals surface area contributed by atoms with Crippen LogP contribution < -0.4 is 10.2 Å². The molecule has 27 heavy (non-hydrogen) atoms. The van der Waals surface area contributed by atoms with Gasteiger partial charge in [-0.25, -0.2) is 9.97 Å². The predicted octanol–water partition coefficient (Wildman–Crippen LogP) is 2.73. The third-order valence-corrected chi connectivity index (χ3v) is 5.12. The zero-order valence-corrected chi connectivity index (χ0v) is 16.7. The molecule has 3 rings (SSSR count). The maximum absolute atomic E-state index is 12.8. The lowest BCUT2D eigenvalue weighted by molar-refractivity contribution is 0.0939. The molecule has 6 nitrogen and oxygen atoms in total. The van der Waals surface area contributed by atoms with E-state index in [0.717, 1.165) is 44.0 Å². The van der Waals surface area contributed by atoms with Crippen molar-refractivity contribution in [1.82, 2.24) is 20.2 Å². The van der Waals surface area contributed by atoms with E-state index in [1.54, 1.807) is 6.20 Å². The van der Waals surface area contributed by atoms with Crippen LogP contribution in [0.2, 0.25) is 0 Å². The normalized spacial score (nSPS) is 16.2. The Hall–Kier alpha value is -2.47. The molecule has 0 spiro atoms. The van der Waals surface area contributed by atoms with Crippen LogP contribution >= 0.6 is 0 Å². The van der Waals surface area contributed by atoms with Gasteiger partial charge in [-0.2, -0.15) is 0 Å². The summed E-state index contributed by atoms with van der Waals surface area (Å²) in [6.07, 6.45) is 2.56.